The van der Waals surface area contributed by atoms with E-state index >= 15 is 0 Å². The van der Waals surface area contributed by atoms with Crippen molar-refractivity contribution in [3.05, 3.63) is 6.07 Å². The van der Waals surface area contributed by atoms with Crippen molar-refractivity contribution in [1.29, 1.82) is 0 Å². The van der Waals surface area contributed by atoms with Crippen molar-refractivity contribution in [2.24, 2.45) is 5.73 Å². The van der Waals surface area contributed by atoms with Gasteiger partial charge in [-0.25, -0.2) is 9.78 Å². The van der Waals surface area contributed by atoms with Gasteiger partial charge in [-0.15, -0.1) is 0 Å². The minimum Gasteiger partial charge on any atom is -0.445 e. The molecule has 0 spiro atoms. The van der Waals surface area contributed by atoms with Gasteiger partial charge in [0.05, 0.1) is 30.1 Å². The van der Waals surface area contributed by atoms with Crippen LogP contribution in [0.5, 0.6) is 0 Å². The maximum atomic E-state index is 11.0. The Morgan fingerprint density at radius 1 is 1.27 bits per heavy atom. The van der Waals surface area contributed by atoms with Crippen molar-refractivity contribution in [3.8, 4) is 0 Å². The fourth-order valence-corrected chi connectivity index (χ4v) is 4.40. The second-order valence-corrected chi connectivity index (χ2v) is 7.48. The SMILES string of the molecule is NC(=O)O[C@H]1CCCN(c2nc3nc(N4CCOCC4)sc3cc2N)C1. The number of carbonyl (C=O) groups is 1. The van der Waals surface area contributed by atoms with Crippen LogP contribution in [0.4, 0.5) is 21.4 Å². The van der Waals surface area contributed by atoms with Crippen LogP contribution in [0.25, 0.3) is 10.3 Å². The molecule has 2 aromatic rings. The normalized spacial score (nSPS) is 21.2. The number of thiazole rings is 1. The number of nitrogens with zero attached hydrogens (tertiary/aromatic N) is 4. The number of hydrogen-bond donors (Lipinski definition) is 2. The number of anilines is 3. The molecule has 0 bridgehead atoms. The summed E-state index contributed by atoms with van der Waals surface area (Å²) in [7, 11) is 0. The highest BCUT2D eigenvalue weighted by Crippen LogP contribution is 2.34. The number of morpholine rings is 1. The second-order valence-electron chi connectivity index (χ2n) is 6.47. The zero-order valence-electron chi connectivity index (χ0n) is 14.4. The second kappa shape index (κ2) is 7.12. The van der Waals surface area contributed by atoms with Crippen molar-refractivity contribution >= 4 is 44.4 Å². The van der Waals surface area contributed by atoms with E-state index in [9.17, 15) is 4.79 Å². The molecule has 10 heteroatoms. The first-order valence-electron chi connectivity index (χ1n) is 8.71. The first-order valence-corrected chi connectivity index (χ1v) is 9.52. The Morgan fingerprint density at radius 3 is 2.85 bits per heavy atom. The van der Waals surface area contributed by atoms with Crippen molar-refractivity contribution < 1.29 is 14.3 Å². The number of fused-ring (bicyclic) bond motifs is 1. The average Bonchev–Trinajstić information content (AvgIpc) is 3.04. The smallest absolute Gasteiger partial charge is 0.404 e. The van der Waals surface area contributed by atoms with E-state index in [1.165, 1.54) is 0 Å². The Labute approximate surface area is 154 Å². The van der Waals surface area contributed by atoms with Gasteiger partial charge >= 0.3 is 6.09 Å². The van der Waals surface area contributed by atoms with Crippen molar-refractivity contribution in [3.63, 3.8) is 0 Å². The van der Waals surface area contributed by atoms with Gasteiger partial charge < -0.3 is 30.7 Å². The number of piperidine rings is 1. The number of aromatic nitrogens is 2. The number of rotatable bonds is 3. The summed E-state index contributed by atoms with van der Waals surface area (Å²) in [5, 5.41) is 0.945. The van der Waals surface area contributed by atoms with E-state index in [0.29, 0.717) is 36.9 Å². The molecule has 1 atom stereocenters. The molecule has 2 aromatic heterocycles. The molecule has 9 nitrogen and oxygen atoms in total. The highest BCUT2D eigenvalue weighted by atomic mass is 32.1. The quantitative estimate of drug-likeness (QED) is 0.817. The van der Waals surface area contributed by atoms with Gasteiger partial charge in [-0.1, -0.05) is 11.3 Å². The molecule has 26 heavy (non-hydrogen) atoms. The predicted octanol–water partition coefficient (Wildman–Crippen LogP) is 1.17. The third-order valence-corrected chi connectivity index (χ3v) is 5.67. The van der Waals surface area contributed by atoms with E-state index in [1.807, 2.05) is 11.0 Å². The lowest BCUT2D eigenvalue weighted by Crippen LogP contribution is -2.42. The van der Waals surface area contributed by atoms with Crippen LogP contribution in [0.2, 0.25) is 0 Å². The molecule has 4 heterocycles. The molecule has 140 valence electrons. The number of nitrogen functional groups attached to an aromatic ring is 1. The highest BCUT2D eigenvalue weighted by molar-refractivity contribution is 7.22. The molecule has 2 saturated heterocycles. The van der Waals surface area contributed by atoms with Gasteiger partial charge in [-0.3, -0.25) is 0 Å². The molecule has 0 saturated carbocycles. The average molecular weight is 378 g/mol. The summed E-state index contributed by atoms with van der Waals surface area (Å²) < 4.78 is 11.5. The number of amides is 1. The van der Waals surface area contributed by atoms with E-state index < -0.39 is 6.09 Å². The summed E-state index contributed by atoms with van der Waals surface area (Å²) >= 11 is 1.59. The Bertz CT molecular complexity index is 807. The predicted molar refractivity (Wildman–Crippen MR) is 101 cm³/mol. The first-order chi connectivity index (χ1) is 12.6. The van der Waals surface area contributed by atoms with Gasteiger partial charge in [0.25, 0.3) is 0 Å². The zero-order chi connectivity index (χ0) is 18.1. The molecule has 0 aromatic carbocycles. The maximum absolute atomic E-state index is 11.0. The fraction of sp³-hybridized carbons (Fsp3) is 0.562. The molecule has 1 amide bonds. The van der Waals surface area contributed by atoms with Crippen LogP contribution < -0.4 is 21.3 Å². The van der Waals surface area contributed by atoms with Crippen molar-refractivity contribution in [2.45, 2.75) is 18.9 Å². The maximum Gasteiger partial charge on any atom is 0.404 e. The number of ether oxygens (including phenoxy) is 2. The van der Waals surface area contributed by atoms with Gasteiger partial charge in [0.1, 0.15) is 6.10 Å². The van der Waals surface area contributed by atoms with Crippen LogP contribution in [0.1, 0.15) is 12.8 Å². The lowest BCUT2D eigenvalue weighted by molar-refractivity contribution is 0.0965. The Hall–Kier alpha value is -2.33. The number of primary amides is 1. The first kappa shape index (κ1) is 17.1. The van der Waals surface area contributed by atoms with E-state index in [2.05, 4.69) is 4.90 Å². The largest absolute Gasteiger partial charge is 0.445 e. The standard InChI is InChI=1S/C16H22N6O3S/c17-11-8-12-13(20-16(26-12)21-4-6-24-7-5-21)19-14(11)22-3-1-2-10(9-22)25-15(18)23/h8,10H,1-7,9,17H2,(H2,18,23)/t10-/m0/s1. The van der Waals surface area contributed by atoms with Gasteiger partial charge in [0, 0.05) is 19.6 Å². The molecule has 2 aliphatic heterocycles. The molecule has 4 rings (SSSR count). The summed E-state index contributed by atoms with van der Waals surface area (Å²) in [6.45, 7) is 4.44. The summed E-state index contributed by atoms with van der Waals surface area (Å²) in [6, 6.07) is 1.93. The minimum atomic E-state index is -0.747. The molecule has 0 aliphatic carbocycles. The van der Waals surface area contributed by atoms with Gasteiger partial charge in [0.15, 0.2) is 16.6 Å². The number of pyridine rings is 1. The number of hydrogen-bond acceptors (Lipinski definition) is 9. The van der Waals surface area contributed by atoms with Gasteiger partial charge in [0.2, 0.25) is 0 Å². The Kier molecular flexibility index (Phi) is 4.68. The monoisotopic (exact) mass is 378 g/mol. The van der Waals surface area contributed by atoms with Crippen molar-refractivity contribution in [1.82, 2.24) is 9.97 Å². The van der Waals surface area contributed by atoms with E-state index in [0.717, 1.165) is 42.3 Å². The molecule has 2 fully saturated rings. The van der Waals surface area contributed by atoms with E-state index in [-0.39, 0.29) is 6.10 Å². The molecular formula is C16H22N6O3S. The van der Waals surface area contributed by atoms with Crippen molar-refractivity contribution in [2.75, 3.05) is 54.9 Å². The molecule has 0 radical (unpaired) electrons. The van der Waals surface area contributed by atoms with Crippen LogP contribution in [-0.4, -0.2) is 61.6 Å². The van der Waals surface area contributed by atoms with Crippen LogP contribution in [-0.2, 0) is 9.47 Å². The Balaban J connectivity index is 1.59. The molecule has 0 unspecified atom stereocenters. The molecular weight excluding hydrogens is 356 g/mol. The summed E-state index contributed by atoms with van der Waals surface area (Å²) in [5.74, 6) is 0.689. The summed E-state index contributed by atoms with van der Waals surface area (Å²) in [6.07, 6.45) is 0.688. The van der Waals surface area contributed by atoms with Crippen LogP contribution in [0.3, 0.4) is 0 Å². The van der Waals surface area contributed by atoms with E-state index in [4.69, 9.17) is 30.9 Å². The summed E-state index contributed by atoms with van der Waals surface area (Å²) in [4.78, 5) is 24.7. The number of nitrogens with two attached hydrogens (primary N) is 2. The lowest BCUT2D eigenvalue weighted by atomic mass is 10.1. The lowest BCUT2D eigenvalue weighted by Gasteiger charge is -2.33. The third kappa shape index (κ3) is 3.47. The third-order valence-electron chi connectivity index (χ3n) is 4.62. The van der Waals surface area contributed by atoms with E-state index in [1.54, 1.807) is 11.3 Å². The Morgan fingerprint density at radius 2 is 2.08 bits per heavy atom. The highest BCUT2D eigenvalue weighted by Gasteiger charge is 2.25. The van der Waals surface area contributed by atoms with Crippen LogP contribution >= 0.6 is 11.3 Å². The molecule has 4 N–H and O–H groups in total. The van der Waals surface area contributed by atoms with Gasteiger partial charge in [-0.05, 0) is 18.9 Å². The van der Waals surface area contributed by atoms with Crippen LogP contribution in [0.15, 0.2) is 6.07 Å². The fourth-order valence-electron chi connectivity index (χ4n) is 3.39. The van der Waals surface area contributed by atoms with Crippen LogP contribution in [0, 0.1) is 0 Å². The zero-order valence-corrected chi connectivity index (χ0v) is 15.2. The molecule has 2 aliphatic rings. The van der Waals surface area contributed by atoms with Gasteiger partial charge in [-0.2, -0.15) is 4.98 Å². The topological polar surface area (TPSA) is 120 Å². The minimum absolute atomic E-state index is 0.238. The number of carbonyl (C=O) groups excluding carboxylic acids is 1. The summed E-state index contributed by atoms with van der Waals surface area (Å²) in [5.41, 5.74) is 12.7.